The van der Waals surface area contributed by atoms with Crippen molar-refractivity contribution in [1.82, 2.24) is 9.55 Å². The molecule has 0 radical (unpaired) electrons. The number of rotatable bonds is 4. The average Bonchev–Trinajstić information content (AvgIpc) is 2.93. The number of benzene rings is 2. The highest BCUT2D eigenvalue weighted by atomic mass is 16.5. The molecule has 3 rings (SSSR count). The second-order valence-electron chi connectivity index (χ2n) is 5.63. The van der Waals surface area contributed by atoms with Crippen molar-refractivity contribution in [2.75, 3.05) is 6.61 Å². The number of ether oxygens (including phenoxy) is 1. The van der Waals surface area contributed by atoms with Crippen molar-refractivity contribution in [3.8, 4) is 17.1 Å². The van der Waals surface area contributed by atoms with Gasteiger partial charge in [-0.25, -0.2) is 9.78 Å². The van der Waals surface area contributed by atoms with Gasteiger partial charge in [-0.05, 0) is 38.5 Å². The van der Waals surface area contributed by atoms with Gasteiger partial charge in [-0.3, -0.25) is 4.57 Å². The second-order valence-corrected chi connectivity index (χ2v) is 5.63. The maximum Gasteiger partial charge on any atom is 0.357 e. The van der Waals surface area contributed by atoms with Crippen molar-refractivity contribution in [1.29, 1.82) is 0 Å². The maximum atomic E-state index is 12.5. The molecule has 0 saturated carbocycles. The molecule has 24 heavy (non-hydrogen) atoms. The molecule has 0 N–H and O–H groups in total. The van der Waals surface area contributed by atoms with Crippen LogP contribution in [0.5, 0.6) is 0 Å². The van der Waals surface area contributed by atoms with E-state index in [4.69, 9.17) is 4.74 Å². The van der Waals surface area contributed by atoms with E-state index < -0.39 is 0 Å². The number of imidazole rings is 1. The Morgan fingerprint density at radius 2 is 1.83 bits per heavy atom. The lowest BCUT2D eigenvalue weighted by Crippen LogP contribution is -2.13. The molecule has 0 unspecified atom stereocenters. The molecular formula is C20H20N2O2. The summed E-state index contributed by atoms with van der Waals surface area (Å²) in [5.74, 6) is 0.382. The lowest BCUT2D eigenvalue weighted by Gasteiger charge is -2.12. The van der Waals surface area contributed by atoms with Crippen LogP contribution in [-0.4, -0.2) is 22.1 Å². The summed E-state index contributed by atoms with van der Waals surface area (Å²) in [5.41, 5.74) is 4.11. The first kappa shape index (κ1) is 16.0. The number of aryl methyl sites for hydroxylation is 2. The number of nitrogens with zero attached hydrogens (tertiary/aromatic N) is 2. The van der Waals surface area contributed by atoms with Crippen molar-refractivity contribution >= 4 is 5.97 Å². The Morgan fingerprint density at radius 1 is 1.08 bits per heavy atom. The molecule has 0 aliphatic rings. The Bertz CT molecular complexity index is 867. The summed E-state index contributed by atoms with van der Waals surface area (Å²) in [5, 5.41) is 0. The van der Waals surface area contributed by atoms with Crippen molar-refractivity contribution in [2.45, 2.75) is 20.8 Å². The van der Waals surface area contributed by atoms with Crippen molar-refractivity contribution < 1.29 is 9.53 Å². The monoisotopic (exact) mass is 320 g/mol. The zero-order chi connectivity index (χ0) is 17.1. The Hall–Kier alpha value is -2.88. The van der Waals surface area contributed by atoms with Crippen LogP contribution in [0.3, 0.4) is 0 Å². The van der Waals surface area contributed by atoms with E-state index in [-0.39, 0.29) is 5.97 Å². The molecule has 2 aromatic carbocycles. The second kappa shape index (κ2) is 6.71. The van der Waals surface area contributed by atoms with Crippen molar-refractivity contribution in [3.63, 3.8) is 0 Å². The van der Waals surface area contributed by atoms with Crippen LogP contribution in [0.25, 0.3) is 17.1 Å². The van der Waals surface area contributed by atoms with E-state index in [2.05, 4.69) is 4.98 Å². The smallest absolute Gasteiger partial charge is 0.357 e. The molecule has 4 heteroatoms. The molecule has 0 aliphatic heterocycles. The van der Waals surface area contributed by atoms with Gasteiger partial charge in [-0.1, -0.05) is 42.5 Å². The summed E-state index contributed by atoms with van der Waals surface area (Å²) in [6.45, 7) is 6.00. The largest absolute Gasteiger partial charge is 0.461 e. The van der Waals surface area contributed by atoms with Crippen LogP contribution in [0.4, 0.5) is 0 Å². The van der Waals surface area contributed by atoms with Crippen LogP contribution < -0.4 is 0 Å². The third kappa shape index (κ3) is 2.95. The van der Waals surface area contributed by atoms with Gasteiger partial charge in [0, 0.05) is 11.3 Å². The van der Waals surface area contributed by atoms with Gasteiger partial charge in [-0.15, -0.1) is 0 Å². The standard InChI is InChI=1S/C20H20N2O2/c1-4-24-20(23)18-15(3)21-19(16-10-6-5-7-11-16)22(18)17-12-8-9-14(2)13-17/h5-13H,4H2,1-3H3. The van der Waals surface area contributed by atoms with Gasteiger partial charge in [0.15, 0.2) is 5.69 Å². The van der Waals surface area contributed by atoms with Gasteiger partial charge >= 0.3 is 5.97 Å². The number of hydrogen-bond donors (Lipinski definition) is 0. The third-order valence-electron chi connectivity index (χ3n) is 3.81. The molecule has 0 amide bonds. The molecule has 0 spiro atoms. The number of hydrogen-bond acceptors (Lipinski definition) is 3. The van der Waals surface area contributed by atoms with Crippen molar-refractivity contribution in [3.05, 3.63) is 71.5 Å². The number of aromatic nitrogens is 2. The van der Waals surface area contributed by atoms with Crippen LogP contribution >= 0.6 is 0 Å². The molecule has 0 atom stereocenters. The van der Waals surface area contributed by atoms with E-state index in [1.165, 1.54) is 0 Å². The molecule has 0 bridgehead atoms. The third-order valence-corrected chi connectivity index (χ3v) is 3.81. The summed E-state index contributed by atoms with van der Waals surface area (Å²) in [6, 6.07) is 17.9. The molecular weight excluding hydrogens is 300 g/mol. The Morgan fingerprint density at radius 3 is 2.50 bits per heavy atom. The molecule has 0 saturated heterocycles. The van der Waals surface area contributed by atoms with Gasteiger partial charge in [0.1, 0.15) is 5.82 Å². The summed E-state index contributed by atoms with van der Waals surface area (Å²) in [7, 11) is 0. The highest BCUT2D eigenvalue weighted by molar-refractivity contribution is 5.91. The van der Waals surface area contributed by atoms with Crippen LogP contribution in [0.1, 0.15) is 28.7 Å². The fourth-order valence-electron chi connectivity index (χ4n) is 2.77. The van der Waals surface area contributed by atoms with E-state index >= 15 is 0 Å². The molecule has 0 fully saturated rings. The first-order chi connectivity index (χ1) is 11.6. The van der Waals surface area contributed by atoms with Gasteiger partial charge < -0.3 is 4.74 Å². The molecule has 1 heterocycles. The minimum Gasteiger partial charge on any atom is -0.461 e. The fourth-order valence-corrected chi connectivity index (χ4v) is 2.77. The Kier molecular flexibility index (Phi) is 4.47. The number of esters is 1. The van der Waals surface area contributed by atoms with Crippen LogP contribution in [0.15, 0.2) is 54.6 Å². The number of carbonyl (C=O) groups is 1. The first-order valence-corrected chi connectivity index (χ1v) is 8.00. The van der Waals surface area contributed by atoms with Crippen LogP contribution in [0.2, 0.25) is 0 Å². The van der Waals surface area contributed by atoms with Gasteiger partial charge in [-0.2, -0.15) is 0 Å². The minimum atomic E-state index is -0.355. The van der Waals surface area contributed by atoms with Gasteiger partial charge in [0.2, 0.25) is 0 Å². The lowest BCUT2D eigenvalue weighted by molar-refractivity contribution is 0.0516. The van der Waals surface area contributed by atoms with E-state index in [1.807, 2.05) is 73.0 Å². The van der Waals surface area contributed by atoms with E-state index in [0.717, 1.165) is 22.6 Å². The minimum absolute atomic E-state index is 0.331. The molecule has 1 aromatic heterocycles. The highest BCUT2D eigenvalue weighted by Crippen LogP contribution is 2.27. The normalized spacial score (nSPS) is 10.6. The quantitative estimate of drug-likeness (QED) is 0.672. The van der Waals surface area contributed by atoms with Crippen molar-refractivity contribution in [2.24, 2.45) is 0 Å². The van der Waals surface area contributed by atoms with E-state index in [0.29, 0.717) is 18.0 Å². The summed E-state index contributed by atoms with van der Waals surface area (Å²) in [4.78, 5) is 17.2. The Balaban J connectivity index is 2.27. The Labute approximate surface area is 141 Å². The molecule has 3 aromatic rings. The van der Waals surface area contributed by atoms with Crippen LogP contribution in [0, 0.1) is 13.8 Å². The predicted octanol–water partition coefficient (Wildman–Crippen LogP) is 4.33. The molecule has 0 aliphatic carbocycles. The first-order valence-electron chi connectivity index (χ1n) is 8.00. The average molecular weight is 320 g/mol. The lowest BCUT2D eigenvalue weighted by atomic mass is 10.2. The molecule has 4 nitrogen and oxygen atoms in total. The topological polar surface area (TPSA) is 44.1 Å². The summed E-state index contributed by atoms with van der Waals surface area (Å²) in [6.07, 6.45) is 0. The van der Waals surface area contributed by atoms with Crippen LogP contribution in [-0.2, 0) is 4.74 Å². The zero-order valence-electron chi connectivity index (χ0n) is 14.1. The SMILES string of the molecule is CCOC(=O)c1c(C)nc(-c2ccccc2)n1-c1cccc(C)c1. The van der Waals surface area contributed by atoms with Gasteiger partial charge in [0.05, 0.1) is 12.3 Å². The summed E-state index contributed by atoms with van der Waals surface area (Å²) >= 11 is 0. The van der Waals surface area contributed by atoms with E-state index in [1.54, 1.807) is 6.92 Å². The molecule has 122 valence electrons. The van der Waals surface area contributed by atoms with Gasteiger partial charge in [0.25, 0.3) is 0 Å². The zero-order valence-corrected chi connectivity index (χ0v) is 14.1. The fraction of sp³-hybridized carbons (Fsp3) is 0.200. The highest BCUT2D eigenvalue weighted by Gasteiger charge is 2.23. The number of carbonyl (C=O) groups excluding carboxylic acids is 1. The maximum absolute atomic E-state index is 12.5. The summed E-state index contributed by atoms with van der Waals surface area (Å²) < 4.78 is 7.14. The predicted molar refractivity (Wildman–Crippen MR) is 94.4 cm³/mol. The van der Waals surface area contributed by atoms with E-state index in [9.17, 15) is 4.79 Å².